The molecule has 1 aliphatic rings. The van der Waals surface area contributed by atoms with E-state index in [0.717, 1.165) is 23.7 Å². The van der Waals surface area contributed by atoms with Crippen molar-refractivity contribution in [2.24, 2.45) is 0 Å². The Balaban J connectivity index is 1.65. The number of rotatable bonds is 5. The van der Waals surface area contributed by atoms with Crippen LogP contribution in [0.15, 0.2) is 53.4 Å². The zero-order valence-corrected chi connectivity index (χ0v) is 13.2. The minimum Gasteiger partial charge on any atom is -0.478 e. The monoisotopic (exact) mass is 313 g/mol. The number of thioether (sulfide) groups is 1. The molecular formula is C18H19NO2S. The van der Waals surface area contributed by atoms with Crippen LogP contribution >= 0.6 is 11.8 Å². The molecule has 2 aromatic rings. The Morgan fingerprint density at radius 1 is 1.05 bits per heavy atom. The van der Waals surface area contributed by atoms with Crippen molar-refractivity contribution in [1.82, 2.24) is 0 Å². The molecule has 1 saturated heterocycles. The highest BCUT2D eigenvalue weighted by atomic mass is 32.2. The first-order valence-electron chi connectivity index (χ1n) is 7.53. The van der Waals surface area contributed by atoms with Gasteiger partial charge in [-0.1, -0.05) is 24.3 Å². The van der Waals surface area contributed by atoms with Gasteiger partial charge in [0.15, 0.2) is 0 Å². The maximum atomic E-state index is 11.2. The molecule has 0 atom stereocenters. The van der Waals surface area contributed by atoms with Gasteiger partial charge in [0.25, 0.3) is 0 Å². The number of hydrogen-bond acceptors (Lipinski definition) is 3. The molecule has 1 fully saturated rings. The van der Waals surface area contributed by atoms with Crippen LogP contribution in [0, 0.1) is 0 Å². The maximum absolute atomic E-state index is 11.2. The van der Waals surface area contributed by atoms with E-state index in [2.05, 4.69) is 29.2 Å². The van der Waals surface area contributed by atoms with Crippen molar-refractivity contribution >= 4 is 23.4 Å². The van der Waals surface area contributed by atoms with E-state index in [1.807, 2.05) is 12.1 Å². The predicted molar refractivity (Wildman–Crippen MR) is 90.9 cm³/mol. The summed E-state index contributed by atoms with van der Waals surface area (Å²) in [6.45, 7) is 2.31. The summed E-state index contributed by atoms with van der Waals surface area (Å²) in [4.78, 5) is 14.4. The fourth-order valence-corrected chi connectivity index (χ4v) is 3.71. The third kappa shape index (κ3) is 3.45. The van der Waals surface area contributed by atoms with Gasteiger partial charge in [0.05, 0.1) is 5.56 Å². The quantitative estimate of drug-likeness (QED) is 0.837. The maximum Gasteiger partial charge on any atom is 0.336 e. The van der Waals surface area contributed by atoms with Crippen molar-refractivity contribution in [3.05, 3.63) is 59.7 Å². The smallest absolute Gasteiger partial charge is 0.336 e. The number of nitrogens with zero attached hydrogens (tertiary/aromatic N) is 1. The van der Waals surface area contributed by atoms with Crippen LogP contribution in [0.5, 0.6) is 0 Å². The second-order valence-electron chi connectivity index (χ2n) is 5.45. The molecule has 1 aliphatic heterocycles. The SMILES string of the molecule is O=C(O)c1ccccc1SCc1ccc(N2CCCC2)cc1. The Morgan fingerprint density at radius 2 is 1.73 bits per heavy atom. The summed E-state index contributed by atoms with van der Waals surface area (Å²) in [6, 6.07) is 15.8. The van der Waals surface area contributed by atoms with Crippen molar-refractivity contribution in [2.75, 3.05) is 18.0 Å². The van der Waals surface area contributed by atoms with E-state index in [1.165, 1.54) is 24.1 Å². The fraction of sp³-hybridized carbons (Fsp3) is 0.278. The number of carboxylic acid groups (broad SMARTS) is 1. The number of carboxylic acids is 1. The normalized spacial score (nSPS) is 14.3. The van der Waals surface area contributed by atoms with Gasteiger partial charge < -0.3 is 10.0 Å². The lowest BCUT2D eigenvalue weighted by atomic mass is 10.2. The standard InChI is InChI=1S/C18H19NO2S/c20-18(21)16-5-1-2-6-17(16)22-13-14-7-9-15(10-8-14)19-11-3-4-12-19/h1-2,5-10H,3-4,11-13H2,(H,20,21). The number of hydrogen-bond donors (Lipinski definition) is 1. The molecule has 0 aromatic heterocycles. The summed E-state index contributed by atoms with van der Waals surface area (Å²) < 4.78 is 0. The van der Waals surface area contributed by atoms with Gasteiger partial charge in [0, 0.05) is 29.4 Å². The van der Waals surface area contributed by atoms with E-state index in [0.29, 0.717) is 5.56 Å². The zero-order valence-electron chi connectivity index (χ0n) is 12.4. The molecule has 114 valence electrons. The lowest BCUT2D eigenvalue weighted by Crippen LogP contribution is -2.17. The van der Waals surface area contributed by atoms with E-state index in [1.54, 1.807) is 23.9 Å². The minimum absolute atomic E-state index is 0.376. The van der Waals surface area contributed by atoms with E-state index < -0.39 is 5.97 Å². The van der Waals surface area contributed by atoms with Crippen LogP contribution in [0.2, 0.25) is 0 Å². The van der Waals surface area contributed by atoms with Gasteiger partial charge in [-0.25, -0.2) is 4.79 Å². The Kier molecular flexibility index (Phi) is 4.68. The summed E-state index contributed by atoms with van der Waals surface area (Å²) >= 11 is 1.57. The van der Waals surface area contributed by atoms with E-state index in [-0.39, 0.29) is 0 Å². The van der Waals surface area contributed by atoms with Gasteiger partial charge >= 0.3 is 5.97 Å². The molecule has 0 saturated carbocycles. The Labute approximate surface area is 135 Å². The Bertz CT molecular complexity index is 648. The average Bonchev–Trinajstić information content (AvgIpc) is 3.08. The molecule has 3 nitrogen and oxygen atoms in total. The van der Waals surface area contributed by atoms with Crippen LogP contribution in [0.3, 0.4) is 0 Å². The summed E-state index contributed by atoms with van der Waals surface area (Å²) in [7, 11) is 0. The van der Waals surface area contributed by atoms with E-state index in [9.17, 15) is 9.90 Å². The van der Waals surface area contributed by atoms with Crippen LogP contribution in [0.4, 0.5) is 5.69 Å². The molecule has 0 bridgehead atoms. The Hall–Kier alpha value is -1.94. The third-order valence-electron chi connectivity index (χ3n) is 3.92. The third-order valence-corrected chi connectivity index (χ3v) is 5.06. The molecule has 2 aromatic carbocycles. The zero-order chi connectivity index (χ0) is 15.4. The lowest BCUT2D eigenvalue weighted by molar-refractivity contribution is 0.0693. The summed E-state index contributed by atoms with van der Waals surface area (Å²) in [5, 5.41) is 9.20. The van der Waals surface area contributed by atoms with E-state index >= 15 is 0 Å². The first-order chi connectivity index (χ1) is 10.7. The molecule has 22 heavy (non-hydrogen) atoms. The van der Waals surface area contributed by atoms with Crippen LogP contribution in [-0.4, -0.2) is 24.2 Å². The molecule has 1 heterocycles. The van der Waals surface area contributed by atoms with Crippen LogP contribution in [0.1, 0.15) is 28.8 Å². The molecule has 0 radical (unpaired) electrons. The highest BCUT2D eigenvalue weighted by Gasteiger charge is 2.12. The highest BCUT2D eigenvalue weighted by molar-refractivity contribution is 7.98. The van der Waals surface area contributed by atoms with Crippen molar-refractivity contribution in [2.45, 2.75) is 23.5 Å². The molecule has 4 heteroatoms. The number of aromatic carboxylic acids is 1. The van der Waals surface area contributed by atoms with Crippen LogP contribution < -0.4 is 4.90 Å². The number of anilines is 1. The van der Waals surface area contributed by atoms with Gasteiger partial charge in [-0.05, 0) is 42.7 Å². The molecule has 0 aliphatic carbocycles. The molecule has 0 unspecified atom stereocenters. The fourth-order valence-electron chi connectivity index (χ4n) is 2.71. The van der Waals surface area contributed by atoms with Crippen molar-refractivity contribution in [3.63, 3.8) is 0 Å². The molecule has 0 spiro atoms. The molecule has 0 amide bonds. The average molecular weight is 313 g/mol. The number of benzene rings is 2. The van der Waals surface area contributed by atoms with Gasteiger partial charge in [-0.3, -0.25) is 0 Å². The second-order valence-corrected chi connectivity index (χ2v) is 6.47. The summed E-state index contributed by atoms with van der Waals surface area (Å²) in [6.07, 6.45) is 2.56. The van der Waals surface area contributed by atoms with Gasteiger partial charge in [-0.15, -0.1) is 11.8 Å². The summed E-state index contributed by atoms with van der Waals surface area (Å²) in [5.74, 6) is -0.0858. The number of carbonyl (C=O) groups is 1. The first-order valence-corrected chi connectivity index (χ1v) is 8.51. The predicted octanol–water partition coefficient (Wildman–Crippen LogP) is 4.28. The second kappa shape index (κ2) is 6.88. The van der Waals surface area contributed by atoms with Crippen molar-refractivity contribution < 1.29 is 9.90 Å². The first kappa shape index (κ1) is 15.0. The van der Waals surface area contributed by atoms with Gasteiger partial charge in [0.1, 0.15) is 0 Å². The van der Waals surface area contributed by atoms with Crippen molar-refractivity contribution in [1.29, 1.82) is 0 Å². The highest BCUT2D eigenvalue weighted by Crippen LogP contribution is 2.27. The van der Waals surface area contributed by atoms with Gasteiger partial charge in [-0.2, -0.15) is 0 Å². The minimum atomic E-state index is -0.868. The largest absolute Gasteiger partial charge is 0.478 e. The van der Waals surface area contributed by atoms with Crippen LogP contribution in [-0.2, 0) is 5.75 Å². The Morgan fingerprint density at radius 3 is 2.41 bits per heavy atom. The van der Waals surface area contributed by atoms with Gasteiger partial charge in [0.2, 0.25) is 0 Å². The van der Waals surface area contributed by atoms with Crippen LogP contribution in [0.25, 0.3) is 0 Å². The topological polar surface area (TPSA) is 40.5 Å². The summed E-state index contributed by atoms with van der Waals surface area (Å²) in [5.41, 5.74) is 2.88. The molecular weight excluding hydrogens is 294 g/mol. The molecule has 3 rings (SSSR count). The molecule has 1 N–H and O–H groups in total. The lowest BCUT2D eigenvalue weighted by Gasteiger charge is -2.17. The van der Waals surface area contributed by atoms with E-state index in [4.69, 9.17) is 0 Å². The van der Waals surface area contributed by atoms with Crippen molar-refractivity contribution in [3.8, 4) is 0 Å².